The summed E-state index contributed by atoms with van der Waals surface area (Å²) in [5.74, 6) is 1.09. The van der Waals surface area contributed by atoms with Gasteiger partial charge in [-0.15, -0.1) is 0 Å². The van der Waals surface area contributed by atoms with Crippen LogP contribution in [0.3, 0.4) is 0 Å². The molecule has 3 rings (SSSR count). The summed E-state index contributed by atoms with van der Waals surface area (Å²) in [6, 6.07) is 8.19. The van der Waals surface area contributed by atoms with Gasteiger partial charge >= 0.3 is 0 Å². The number of amides is 1. The fourth-order valence-corrected chi connectivity index (χ4v) is 2.90. The lowest BCUT2D eigenvalue weighted by molar-refractivity contribution is -0.132. The summed E-state index contributed by atoms with van der Waals surface area (Å²) in [5.41, 5.74) is 2.30. The van der Waals surface area contributed by atoms with E-state index in [-0.39, 0.29) is 5.92 Å². The number of hydrogen-bond donors (Lipinski definition) is 1. The van der Waals surface area contributed by atoms with Crippen LogP contribution in [-0.4, -0.2) is 30.4 Å². The smallest absolute Gasteiger partial charge is 0.231 e. The summed E-state index contributed by atoms with van der Waals surface area (Å²) >= 11 is 0. The van der Waals surface area contributed by atoms with Crippen LogP contribution >= 0.6 is 0 Å². The van der Waals surface area contributed by atoms with Gasteiger partial charge in [-0.3, -0.25) is 4.79 Å². The second kappa shape index (κ2) is 5.24. The number of carbonyl (C=O) groups excluding carboxylic acids is 1. The van der Waals surface area contributed by atoms with E-state index in [0.29, 0.717) is 5.91 Å². The predicted molar refractivity (Wildman–Crippen MR) is 77.3 cm³/mol. The molecular weight excluding hydrogens is 236 g/mol. The van der Waals surface area contributed by atoms with Gasteiger partial charge in [-0.05, 0) is 36.8 Å². The van der Waals surface area contributed by atoms with Crippen molar-refractivity contribution in [1.82, 2.24) is 4.90 Å². The maximum absolute atomic E-state index is 12.7. The predicted octanol–water partition coefficient (Wildman–Crippen LogP) is 2.84. The fraction of sp³-hybridized carbons (Fsp3) is 0.562. The molecule has 0 saturated heterocycles. The molecule has 1 atom stereocenters. The molecule has 1 unspecified atom stereocenters. The van der Waals surface area contributed by atoms with Gasteiger partial charge in [-0.2, -0.15) is 0 Å². The molecule has 0 radical (unpaired) electrons. The molecule has 102 valence electrons. The van der Waals surface area contributed by atoms with Crippen LogP contribution in [0.2, 0.25) is 0 Å². The molecule has 1 N–H and O–H groups in total. The van der Waals surface area contributed by atoms with Gasteiger partial charge in [-0.1, -0.05) is 25.1 Å². The number of hydrogen-bond acceptors (Lipinski definition) is 2. The van der Waals surface area contributed by atoms with Crippen molar-refractivity contribution in [1.29, 1.82) is 0 Å². The molecule has 3 nitrogen and oxygen atoms in total. The molecule has 1 aromatic carbocycles. The molecule has 19 heavy (non-hydrogen) atoms. The van der Waals surface area contributed by atoms with E-state index in [1.165, 1.54) is 18.4 Å². The van der Waals surface area contributed by atoms with Crippen molar-refractivity contribution in [2.24, 2.45) is 5.92 Å². The van der Waals surface area contributed by atoms with Gasteiger partial charge < -0.3 is 10.2 Å². The van der Waals surface area contributed by atoms with E-state index in [0.717, 1.165) is 37.7 Å². The number of rotatable bonds is 5. The van der Waals surface area contributed by atoms with Gasteiger partial charge in [0.1, 0.15) is 0 Å². The Labute approximate surface area is 115 Å². The number of anilines is 1. The van der Waals surface area contributed by atoms with E-state index < -0.39 is 0 Å². The largest absolute Gasteiger partial charge is 0.384 e. The van der Waals surface area contributed by atoms with Gasteiger partial charge in [0, 0.05) is 25.3 Å². The highest BCUT2D eigenvalue weighted by Crippen LogP contribution is 2.34. The number of fused-ring (bicyclic) bond motifs is 1. The van der Waals surface area contributed by atoms with Gasteiger partial charge in [0.05, 0.1) is 5.92 Å². The van der Waals surface area contributed by atoms with Crippen LogP contribution in [0.25, 0.3) is 0 Å². The van der Waals surface area contributed by atoms with Crippen LogP contribution in [0.5, 0.6) is 0 Å². The third kappa shape index (κ3) is 2.60. The Balaban J connectivity index is 1.75. The van der Waals surface area contributed by atoms with Gasteiger partial charge in [-0.25, -0.2) is 0 Å². The standard InChI is InChI=1S/C16H22N2O/c1-2-9-18(11-12-7-8-12)16(19)14-10-17-15-6-4-3-5-13(14)15/h3-6,12,14,17H,2,7-11H2,1H3. The lowest BCUT2D eigenvalue weighted by Gasteiger charge is -2.25. The van der Waals surface area contributed by atoms with Crippen LogP contribution in [0, 0.1) is 5.92 Å². The number of benzene rings is 1. The third-order valence-corrected chi connectivity index (χ3v) is 4.11. The Hall–Kier alpha value is -1.51. The zero-order valence-corrected chi connectivity index (χ0v) is 11.6. The molecule has 1 amide bonds. The Bertz CT molecular complexity index is 468. The lowest BCUT2D eigenvalue weighted by atomic mass is 9.99. The first kappa shape index (κ1) is 12.5. The minimum absolute atomic E-state index is 0.0153. The third-order valence-electron chi connectivity index (χ3n) is 4.11. The number of carbonyl (C=O) groups is 1. The van der Waals surface area contributed by atoms with Crippen molar-refractivity contribution in [3.8, 4) is 0 Å². The monoisotopic (exact) mass is 258 g/mol. The van der Waals surface area contributed by atoms with Crippen LogP contribution in [0.4, 0.5) is 5.69 Å². The van der Waals surface area contributed by atoms with Crippen LogP contribution < -0.4 is 5.32 Å². The molecule has 1 heterocycles. The number of para-hydroxylation sites is 1. The summed E-state index contributed by atoms with van der Waals surface area (Å²) in [5, 5.41) is 3.35. The normalized spacial score (nSPS) is 20.8. The van der Waals surface area contributed by atoms with Gasteiger partial charge in [0.15, 0.2) is 0 Å². The quantitative estimate of drug-likeness (QED) is 0.880. The molecule has 1 fully saturated rings. The van der Waals surface area contributed by atoms with Crippen molar-refractivity contribution < 1.29 is 4.79 Å². The highest BCUT2D eigenvalue weighted by molar-refractivity contribution is 5.88. The Morgan fingerprint density at radius 1 is 1.37 bits per heavy atom. The zero-order valence-electron chi connectivity index (χ0n) is 11.6. The average Bonchev–Trinajstić information content (AvgIpc) is 3.14. The molecule has 0 aromatic heterocycles. The van der Waals surface area contributed by atoms with Crippen molar-refractivity contribution >= 4 is 11.6 Å². The highest BCUT2D eigenvalue weighted by Gasteiger charge is 2.33. The minimum atomic E-state index is 0.0153. The van der Waals surface area contributed by atoms with E-state index in [2.05, 4.69) is 29.3 Å². The Morgan fingerprint density at radius 2 is 2.16 bits per heavy atom. The maximum Gasteiger partial charge on any atom is 0.231 e. The van der Waals surface area contributed by atoms with E-state index in [4.69, 9.17) is 0 Å². The number of nitrogens with zero attached hydrogens (tertiary/aromatic N) is 1. The van der Waals surface area contributed by atoms with Crippen molar-refractivity contribution in [3.63, 3.8) is 0 Å². The average molecular weight is 258 g/mol. The molecule has 1 saturated carbocycles. The first-order valence-corrected chi connectivity index (χ1v) is 7.41. The second-order valence-corrected chi connectivity index (χ2v) is 5.75. The summed E-state index contributed by atoms with van der Waals surface area (Å²) in [7, 11) is 0. The van der Waals surface area contributed by atoms with Gasteiger partial charge in [0.25, 0.3) is 0 Å². The Kier molecular flexibility index (Phi) is 3.45. The Morgan fingerprint density at radius 3 is 2.89 bits per heavy atom. The van der Waals surface area contributed by atoms with Crippen LogP contribution in [0.1, 0.15) is 37.7 Å². The van der Waals surface area contributed by atoms with E-state index in [1.54, 1.807) is 0 Å². The summed E-state index contributed by atoms with van der Waals surface area (Å²) in [6.07, 6.45) is 3.64. The zero-order chi connectivity index (χ0) is 13.2. The summed E-state index contributed by atoms with van der Waals surface area (Å²) in [6.45, 7) is 4.76. The maximum atomic E-state index is 12.7. The summed E-state index contributed by atoms with van der Waals surface area (Å²) < 4.78 is 0. The topological polar surface area (TPSA) is 32.3 Å². The second-order valence-electron chi connectivity index (χ2n) is 5.75. The minimum Gasteiger partial charge on any atom is -0.384 e. The molecule has 0 bridgehead atoms. The molecule has 1 aromatic rings. The van der Waals surface area contributed by atoms with Crippen molar-refractivity contribution in [2.75, 3.05) is 25.0 Å². The number of nitrogens with one attached hydrogen (secondary N) is 1. The lowest BCUT2D eigenvalue weighted by Crippen LogP contribution is -2.37. The first-order valence-electron chi connectivity index (χ1n) is 7.41. The van der Waals surface area contributed by atoms with Crippen molar-refractivity contribution in [3.05, 3.63) is 29.8 Å². The fourth-order valence-electron chi connectivity index (χ4n) is 2.90. The van der Waals surface area contributed by atoms with E-state index in [1.807, 2.05) is 12.1 Å². The molecule has 0 spiro atoms. The van der Waals surface area contributed by atoms with E-state index >= 15 is 0 Å². The molecule has 1 aliphatic heterocycles. The van der Waals surface area contributed by atoms with Gasteiger partial charge in [0.2, 0.25) is 5.91 Å². The first-order chi connectivity index (χ1) is 9.29. The summed E-state index contributed by atoms with van der Waals surface area (Å²) in [4.78, 5) is 14.8. The van der Waals surface area contributed by atoms with E-state index in [9.17, 15) is 4.79 Å². The van der Waals surface area contributed by atoms with Crippen LogP contribution in [-0.2, 0) is 4.79 Å². The highest BCUT2D eigenvalue weighted by atomic mass is 16.2. The SMILES string of the molecule is CCCN(CC1CC1)C(=O)C1CNc2ccccc21. The molecule has 3 heteroatoms. The molecule has 1 aliphatic carbocycles. The van der Waals surface area contributed by atoms with Crippen LogP contribution in [0.15, 0.2) is 24.3 Å². The molecular formula is C16H22N2O. The molecule has 2 aliphatic rings. The van der Waals surface area contributed by atoms with Crippen molar-refractivity contribution in [2.45, 2.75) is 32.1 Å².